The van der Waals surface area contributed by atoms with Gasteiger partial charge in [-0.25, -0.2) is 10.8 Å². The summed E-state index contributed by atoms with van der Waals surface area (Å²) in [6, 6.07) is 20.9. The molecule has 40 heavy (non-hydrogen) atoms. The zero-order valence-corrected chi connectivity index (χ0v) is 24.0. The number of rotatable bonds is 6. The van der Waals surface area contributed by atoms with Gasteiger partial charge in [0.25, 0.3) is 0 Å². The Kier molecular flexibility index (Phi) is 9.94. The highest BCUT2D eigenvalue weighted by Gasteiger charge is 2.34. The third kappa shape index (κ3) is 7.40. The number of hydrogen-bond acceptors (Lipinski definition) is 5. The second kappa shape index (κ2) is 13.0. The van der Waals surface area contributed by atoms with E-state index < -0.39 is 22.7 Å². The third-order valence-electron chi connectivity index (χ3n) is 6.25. The summed E-state index contributed by atoms with van der Waals surface area (Å²) in [5, 5.41) is 1.35. The number of nitrogens with two attached hydrogens (primary N) is 2. The highest BCUT2D eigenvalue weighted by Crippen LogP contribution is 2.35. The van der Waals surface area contributed by atoms with Crippen LogP contribution in [0.5, 0.6) is 0 Å². The Balaban J connectivity index is 0.000000472. The van der Waals surface area contributed by atoms with E-state index in [0.717, 1.165) is 17.3 Å². The Morgan fingerprint density at radius 1 is 1.00 bits per heavy atom. The van der Waals surface area contributed by atoms with Crippen molar-refractivity contribution in [3.05, 3.63) is 107 Å². The summed E-state index contributed by atoms with van der Waals surface area (Å²) in [5.74, 6) is 6.51. The smallest absolute Gasteiger partial charge is 0.403 e. The molecule has 0 aliphatic heterocycles. The molecule has 0 aliphatic rings. The average Bonchev–Trinajstić information content (AvgIpc) is 3.33. The molecular weight excluding hydrogens is 535 g/mol. The molecule has 0 bridgehead atoms. The van der Waals surface area contributed by atoms with Gasteiger partial charge >= 0.3 is 6.18 Å². The summed E-state index contributed by atoms with van der Waals surface area (Å²) in [4.78, 5) is 4.32. The highest BCUT2D eigenvalue weighted by atomic mass is 32.2. The van der Waals surface area contributed by atoms with Crippen LogP contribution in [0.4, 0.5) is 18.9 Å². The van der Waals surface area contributed by atoms with Crippen molar-refractivity contribution < 1.29 is 17.4 Å². The lowest BCUT2D eigenvalue weighted by Crippen LogP contribution is -2.31. The van der Waals surface area contributed by atoms with E-state index in [4.69, 9.17) is 11.6 Å². The second-order valence-electron chi connectivity index (χ2n) is 9.26. The molecule has 6 nitrogen and oxygen atoms in total. The van der Waals surface area contributed by atoms with Gasteiger partial charge in [-0.15, -0.1) is 0 Å². The summed E-state index contributed by atoms with van der Waals surface area (Å²) < 4.78 is 52.9. The highest BCUT2D eigenvalue weighted by molar-refractivity contribution is 7.84. The van der Waals surface area contributed by atoms with Crippen molar-refractivity contribution in [3.63, 3.8) is 0 Å². The number of hydrogen-bond donors (Lipinski definition) is 2. The SMILES string of the molecule is CC/C(=C/N)N(N)c1cc(-c2cccc(S(C)=O)c2)ccc1-n1cc(C(F)(F)F)nc1C.Cc1ccc(C)cc1. The van der Waals surface area contributed by atoms with Crippen LogP contribution in [-0.2, 0) is 17.0 Å². The van der Waals surface area contributed by atoms with Crippen molar-refractivity contribution in [2.24, 2.45) is 11.6 Å². The molecule has 4 aromatic rings. The summed E-state index contributed by atoms with van der Waals surface area (Å²) >= 11 is 0. The molecule has 3 aromatic carbocycles. The predicted molar refractivity (Wildman–Crippen MR) is 156 cm³/mol. The van der Waals surface area contributed by atoms with Crippen LogP contribution in [-0.4, -0.2) is 20.0 Å². The number of anilines is 1. The number of halogens is 3. The number of aromatic nitrogens is 2. The van der Waals surface area contributed by atoms with Crippen LogP contribution >= 0.6 is 0 Å². The van der Waals surface area contributed by atoms with E-state index in [9.17, 15) is 17.4 Å². The number of hydrazine groups is 1. The van der Waals surface area contributed by atoms with Gasteiger partial charge in [0.1, 0.15) is 5.82 Å². The molecular formula is C30H34F3N5OS. The fourth-order valence-corrected chi connectivity index (χ4v) is 4.53. The maximum absolute atomic E-state index is 13.2. The number of imidazole rings is 1. The summed E-state index contributed by atoms with van der Waals surface area (Å²) in [6.45, 7) is 7.55. The van der Waals surface area contributed by atoms with Crippen molar-refractivity contribution in [3.8, 4) is 16.8 Å². The molecule has 1 heterocycles. The molecule has 4 N–H and O–H groups in total. The first-order valence-corrected chi connectivity index (χ1v) is 14.1. The number of alkyl halides is 3. The lowest BCUT2D eigenvalue weighted by molar-refractivity contribution is -0.141. The molecule has 212 valence electrons. The predicted octanol–water partition coefficient (Wildman–Crippen LogP) is 6.80. The molecule has 0 fully saturated rings. The summed E-state index contributed by atoms with van der Waals surface area (Å²) in [5.41, 5.74) is 10.4. The number of nitrogens with zero attached hydrogens (tertiary/aromatic N) is 3. The molecule has 0 saturated carbocycles. The first kappa shape index (κ1) is 30.6. The maximum Gasteiger partial charge on any atom is 0.434 e. The topological polar surface area (TPSA) is 90.2 Å². The van der Waals surface area contributed by atoms with Crippen molar-refractivity contribution in [2.45, 2.75) is 45.2 Å². The number of aryl methyl sites for hydroxylation is 3. The van der Waals surface area contributed by atoms with E-state index in [1.165, 1.54) is 33.8 Å². The van der Waals surface area contributed by atoms with Crippen LogP contribution in [0.1, 0.15) is 36.0 Å². The monoisotopic (exact) mass is 569 g/mol. The van der Waals surface area contributed by atoms with E-state index in [1.54, 1.807) is 42.7 Å². The van der Waals surface area contributed by atoms with E-state index in [-0.39, 0.29) is 5.82 Å². The first-order chi connectivity index (χ1) is 18.8. The van der Waals surface area contributed by atoms with Gasteiger partial charge in [-0.05, 0) is 62.6 Å². The number of benzene rings is 3. The Labute approximate surface area is 235 Å². The summed E-state index contributed by atoms with van der Waals surface area (Å²) in [7, 11) is -1.16. The molecule has 1 atom stereocenters. The van der Waals surface area contributed by atoms with Crippen molar-refractivity contribution in [1.82, 2.24) is 9.55 Å². The molecule has 1 unspecified atom stereocenters. The quantitative estimate of drug-likeness (QED) is 0.197. The molecule has 1 aromatic heterocycles. The van der Waals surface area contributed by atoms with Crippen LogP contribution in [0.3, 0.4) is 0 Å². The van der Waals surface area contributed by atoms with Gasteiger partial charge in [0.2, 0.25) is 0 Å². The van der Waals surface area contributed by atoms with Gasteiger partial charge in [-0.3, -0.25) is 9.22 Å². The van der Waals surface area contributed by atoms with Crippen molar-refractivity contribution >= 4 is 16.5 Å². The van der Waals surface area contributed by atoms with Gasteiger partial charge in [-0.1, -0.05) is 60.5 Å². The summed E-state index contributed by atoms with van der Waals surface area (Å²) in [6.07, 6.45) is -0.160. The molecule has 0 spiro atoms. The van der Waals surface area contributed by atoms with Gasteiger partial charge in [0.05, 0.1) is 17.1 Å². The molecule has 0 radical (unpaired) electrons. The normalized spacial score (nSPS) is 12.5. The zero-order valence-electron chi connectivity index (χ0n) is 23.2. The van der Waals surface area contributed by atoms with Crippen LogP contribution in [0, 0.1) is 20.8 Å². The largest absolute Gasteiger partial charge is 0.434 e. The van der Waals surface area contributed by atoms with Crippen LogP contribution in [0.15, 0.2) is 89.7 Å². The molecule has 4 rings (SSSR count). The standard InChI is InChI=1S/C22H24F3N5OS.C8H10/c1-4-17(12-26)30(27)20-11-16(15-6-5-7-18(10-15)32(3)31)8-9-19(20)29-13-21(22(23,24)25)28-14(29)2;1-7-3-5-8(2)6-4-7/h5-13H,4,26-27H2,1-3H3;3-6H,1-2H3/b17-12-;. The lowest BCUT2D eigenvalue weighted by Gasteiger charge is -2.25. The van der Waals surface area contributed by atoms with E-state index >= 15 is 0 Å². The van der Waals surface area contributed by atoms with Crippen LogP contribution in [0.25, 0.3) is 16.8 Å². The fraction of sp³-hybridized carbons (Fsp3) is 0.233. The molecule has 0 aliphatic carbocycles. The maximum atomic E-state index is 13.2. The van der Waals surface area contributed by atoms with Gasteiger partial charge in [0.15, 0.2) is 5.69 Å². The minimum atomic E-state index is -4.57. The Hall–Kier alpha value is -3.89. The number of allylic oxidation sites excluding steroid dienone is 1. The Morgan fingerprint density at radius 3 is 2.10 bits per heavy atom. The van der Waals surface area contributed by atoms with Gasteiger partial charge < -0.3 is 10.3 Å². The van der Waals surface area contributed by atoms with E-state index in [1.807, 2.05) is 13.0 Å². The average molecular weight is 570 g/mol. The molecule has 0 amide bonds. The van der Waals surface area contributed by atoms with Crippen LogP contribution < -0.4 is 16.6 Å². The van der Waals surface area contributed by atoms with E-state index in [2.05, 4.69) is 43.1 Å². The molecule has 10 heteroatoms. The minimum absolute atomic E-state index is 0.165. The van der Waals surface area contributed by atoms with Gasteiger partial charge in [-0.2, -0.15) is 13.2 Å². The zero-order chi connectivity index (χ0) is 29.6. The van der Waals surface area contributed by atoms with Gasteiger partial charge in [0, 0.05) is 34.3 Å². The van der Waals surface area contributed by atoms with Crippen molar-refractivity contribution in [2.75, 3.05) is 11.3 Å². The third-order valence-corrected chi connectivity index (χ3v) is 7.17. The minimum Gasteiger partial charge on any atom is -0.403 e. The van der Waals surface area contributed by atoms with Crippen molar-refractivity contribution in [1.29, 1.82) is 0 Å². The Morgan fingerprint density at radius 2 is 1.60 bits per heavy atom. The van der Waals surface area contributed by atoms with Crippen LogP contribution in [0.2, 0.25) is 0 Å². The lowest BCUT2D eigenvalue weighted by atomic mass is 10.0. The van der Waals surface area contributed by atoms with E-state index in [0.29, 0.717) is 28.4 Å². The fourth-order valence-electron chi connectivity index (χ4n) is 3.97. The Bertz CT molecular complexity index is 1490. The second-order valence-corrected chi connectivity index (χ2v) is 10.6. The molecule has 0 saturated heterocycles. The first-order valence-electron chi connectivity index (χ1n) is 12.6.